The quantitative estimate of drug-likeness (QED) is 0.829. The molecule has 0 aromatic heterocycles. The van der Waals surface area contributed by atoms with E-state index in [4.69, 9.17) is 15.7 Å². The van der Waals surface area contributed by atoms with Crippen molar-refractivity contribution in [3.05, 3.63) is 46.4 Å². The Labute approximate surface area is 126 Å². The number of nitrogen functional groups attached to an aromatic ring is 1. The summed E-state index contributed by atoms with van der Waals surface area (Å²) in [6.45, 7) is 2.49. The largest absolute Gasteiger partial charge is 0.494 e. The van der Waals surface area contributed by atoms with Gasteiger partial charge in [0.2, 0.25) is 0 Å². The van der Waals surface area contributed by atoms with Gasteiger partial charge in [-0.2, -0.15) is 5.26 Å². The highest BCUT2D eigenvalue weighted by Crippen LogP contribution is 2.28. The van der Waals surface area contributed by atoms with E-state index in [0.29, 0.717) is 23.6 Å². The molecule has 3 N–H and O–H groups in total. The highest BCUT2D eigenvalue weighted by molar-refractivity contribution is 9.10. The fourth-order valence-electron chi connectivity index (χ4n) is 1.82. The average molecular weight is 332 g/mol. The summed E-state index contributed by atoms with van der Waals surface area (Å²) in [6, 6.07) is 13.0. The molecule has 102 valence electrons. The van der Waals surface area contributed by atoms with Crippen LogP contribution >= 0.6 is 15.9 Å². The number of nitrogens with zero attached hydrogens (tertiary/aromatic N) is 1. The zero-order valence-electron chi connectivity index (χ0n) is 11.0. The second-order valence-electron chi connectivity index (χ2n) is 4.15. The fraction of sp³-hybridized carbons (Fsp3) is 0.133. The molecule has 0 amide bonds. The zero-order valence-corrected chi connectivity index (χ0v) is 12.6. The Morgan fingerprint density at radius 1 is 1.30 bits per heavy atom. The Balaban J connectivity index is 2.32. The monoisotopic (exact) mass is 331 g/mol. The van der Waals surface area contributed by atoms with Gasteiger partial charge in [0.1, 0.15) is 11.8 Å². The summed E-state index contributed by atoms with van der Waals surface area (Å²) in [5.41, 5.74) is 8.52. The standard InChI is InChI=1S/C15H14BrN3O/c1-2-20-14-7-12(18)6-13(8-14)19-15-4-3-11(16)5-10(15)9-17/h3-8,19H,2,18H2,1H3. The zero-order chi connectivity index (χ0) is 14.5. The minimum atomic E-state index is 0.555. The SMILES string of the molecule is CCOc1cc(N)cc(Nc2ccc(Br)cc2C#N)c1. The molecule has 0 unspecified atom stereocenters. The molecule has 0 aliphatic carbocycles. The van der Waals surface area contributed by atoms with E-state index in [9.17, 15) is 0 Å². The molecule has 0 radical (unpaired) electrons. The molecule has 2 rings (SSSR count). The number of hydrogen-bond acceptors (Lipinski definition) is 4. The van der Waals surface area contributed by atoms with Crippen molar-refractivity contribution in [3.63, 3.8) is 0 Å². The minimum Gasteiger partial charge on any atom is -0.494 e. The molecule has 4 nitrogen and oxygen atoms in total. The van der Waals surface area contributed by atoms with Crippen LogP contribution in [0.15, 0.2) is 40.9 Å². The van der Waals surface area contributed by atoms with Crippen molar-refractivity contribution in [2.75, 3.05) is 17.7 Å². The number of benzene rings is 2. The molecule has 0 heterocycles. The summed E-state index contributed by atoms with van der Waals surface area (Å²) >= 11 is 3.35. The third-order valence-electron chi connectivity index (χ3n) is 2.62. The summed E-state index contributed by atoms with van der Waals surface area (Å²) < 4.78 is 6.31. The minimum absolute atomic E-state index is 0.555. The number of ether oxygens (including phenoxy) is 1. The smallest absolute Gasteiger partial charge is 0.123 e. The third-order valence-corrected chi connectivity index (χ3v) is 3.11. The summed E-state index contributed by atoms with van der Waals surface area (Å²) in [6.07, 6.45) is 0. The van der Waals surface area contributed by atoms with Crippen molar-refractivity contribution in [2.24, 2.45) is 0 Å². The lowest BCUT2D eigenvalue weighted by molar-refractivity contribution is 0.340. The highest BCUT2D eigenvalue weighted by Gasteiger charge is 2.05. The van der Waals surface area contributed by atoms with E-state index in [0.717, 1.165) is 15.8 Å². The van der Waals surface area contributed by atoms with Gasteiger partial charge in [0.15, 0.2) is 0 Å². The molecule has 2 aromatic carbocycles. The van der Waals surface area contributed by atoms with E-state index >= 15 is 0 Å². The topological polar surface area (TPSA) is 71.1 Å². The molecule has 0 saturated carbocycles. The molecule has 0 atom stereocenters. The van der Waals surface area contributed by atoms with Crippen LogP contribution in [-0.4, -0.2) is 6.61 Å². The molecule has 0 aliphatic rings. The molecule has 5 heteroatoms. The Morgan fingerprint density at radius 2 is 2.10 bits per heavy atom. The first kappa shape index (κ1) is 14.2. The van der Waals surface area contributed by atoms with Crippen LogP contribution in [0.5, 0.6) is 5.75 Å². The van der Waals surface area contributed by atoms with Gasteiger partial charge < -0.3 is 15.8 Å². The lowest BCUT2D eigenvalue weighted by Gasteiger charge is -2.11. The second-order valence-corrected chi connectivity index (χ2v) is 5.07. The number of nitrogens with one attached hydrogen (secondary N) is 1. The van der Waals surface area contributed by atoms with Gasteiger partial charge in [-0.15, -0.1) is 0 Å². The van der Waals surface area contributed by atoms with Gasteiger partial charge in [0.05, 0.1) is 17.9 Å². The first-order valence-electron chi connectivity index (χ1n) is 6.12. The van der Waals surface area contributed by atoms with Gasteiger partial charge >= 0.3 is 0 Å². The van der Waals surface area contributed by atoms with Gasteiger partial charge in [0, 0.05) is 28.0 Å². The van der Waals surface area contributed by atoms with Crippen molar-refractivity contribution in [2.45, 2.75) is 6.92 Å². The maximum atomic E-state index is 9.15. The van der Waals surface area contributed by atoms with Gasteiger partial charge in [-0.25, -0.2) is 0 Å². The molecule has 0 saturated heterocycles. The summed E-state index contributed by atoms with van der Waals surface area (Å²) in [4.78, 5) is 0. The lowest BCUT2D eigenvalue weighted by atomic mass is 10.2. The second kappa shape index (κ2) is 6.31. The third kappa shape index (κ3) is 3.43. The van der Waals surface area contributed by atoms with Gasteiger partial charge in [0.25, 0.3) is 0 Å². The lowest BCUT2D eigenvalue weighted by Crippen LogP contribution is -1.98. The van der Waals surface area contributed by atoms with E-state index in [-0.39, 0.29) is 0 Å². The normalized spacial score (nSPS) is 9.85. The van der Waals surface area contributed by atoms with Crippen LogP contribution in [-0.2, 0) is 0 Å². The molecule has 0 aliphatic heterocycles. The van der Waals surface area contributed by atoms with E-state index in [1.54, 1.807) is 18.2 Å². The van der Waals surface area contributed by atoms with Crippen molar-refractivity contribution in [1.82, 2.24) is 0 Å². The molecular formula is C15H14BrN3O. The highest BCUT2D eigenvalue weighted by atomic mass is 79.9. The molecule has 0 fully saturated rings. The number of hydrogen-bond donors (Lipinski definition) is 2. The van der Waals surface area contributed by atoms with Gasteiger partial charge in [-0.1, -0.05) is 15.9 Å². The maximum Gasteiger partial charge on any atom is 0.123 e. The molecular weight excluding hydrogens is 318 g/mol. The van der Waals surface area contributed by atoms with Crippen LogP contribution in [0.2, 0.25) is 0 Å². The summed E-state index contributed by atoms with van der Waals surface area (Å²) in [7, 11) is 0. The van der Waals surface area contributed by atoms with Gasteiger partial charge in [-0.3, -0.25) is 0 Å². The van der Waals surface area contributed by atoms with Crippen molar-refractivity contribution in [1.29, 1.82) is 5.26 Å². The number of nitriles is 1. The van der Waals surface area contributed by atoms with Crippen LogP contribution in [0, 0.1) is 11.3 Å². The van der Waals surface area contributed by atoms with Crippen molar-refractivity contribution in [3.8, 4) is 11.8 Å². The number of nitrogens with two attached hydrogens (primary N) is 1. The Hall–Kier alpha value is -2.19. The molecule has 0 spiro atoms. The number of rotatable bonds is 4. The first-order chi connectivity index (χ1) is 9.62. The van der Waals surface area contributed by atoms with Crippen LogP contribution < -0.4 is 15.8 Å². The van der Waals surface area contributed by atoms with E-state index in [1.807, 2.05) is 25.1 Å². The van der Waals surface area contributed by atoms with E-state index in [1.165, 1.54) is 0 Å². The van der Waals surface area contributed by atoms with Gasteiger partial charge in [-0.05, 0) is 31.2 Å². The Kier molecular flexibility index (Phi) is 4.49. The van der Waals surface area contributed by atoms with Crippen LogP contribution in [0.25, 0.3) is 0 Å². The van der Waals surface area contributed by atoms with Crippen LogP contribution in [0.3, 0.4) is 0 Å². The summed E-state index contributed by atoms with van der Waals surface area (Å²) in [5, 5.41) is 12.3. The first-order valence-corrected chi connectivity index (χ1v) is 6.91. The predicted molar refractivity (Wildman–Crippen MR) is 84.2 cm³/mol. The molecule has 2 aromatic rings. The average Bonchev–Trinajstić information content (AvgIpc) is 2.40. The Bertz CT molecular complexity index is 665. The van der Waals surface area contributed by atoms with Crippen molar-refractivity contribution >= 4 is 33.0 Å². The molecule has 0 bridgehead atoms. The van der Waals surface area contributed by atoms with E-state index in [2.05, 4.69) is 27.3 Å². The maximum absolute atomic E-state index is 9.15. The fourth-order valence-corrected chi connectivity index (χ4v) is 2.18. The number of halogens is 1. The Morgan fingerprint density at radius 3 is 2.80 bits per heavy atom. The van der Waals surface area contributed by atoms with E-state index < -0.39 is 0 Å². The number of anilines is 3. The van der Waals surface area contributed by atoms with Crippen LogP contribution in [0.1, 0.15) is 12.5 Å². The predicted octanol–water partition coefficient (Wildman–Crippen LogP) is 4.05. The van der Waals surface area contributed by atoms with Crippen LogP contribution in [0.4, 0.5) is 17.1 Å². The van der Waals surface area contributed by atoms with Crippen molar-refractivity contribution < 1.29 is 4.74 Å². The molecule has 20 heavy (non-hydrogen) atoms. The summed E-state index contributed by atoms with van der Waals surface area (Å²) in [5.74, 6) is 0.700.